The summed E-state index contributed by atoms with van der Waals surface area (Å²) < 4.78 is 22.8. The van der Waals surface area contributed by atoms with E-state index in [9.17, 15) is 25.2 Å². The zero-order chi connectivity index (χ0) is 39.3. The Morgan fingerprint density at radius 3 is 1.50 bits per heavy atom. The van der Waals surface area contributed by atoms with Crippen molar-refractivity contribution >= 4 is 5.97 Å². The van der Waals surface area contributed by atoms with Crippen LogP contribution in [0.3, 0.4) is 0 Å². The van der Waals surface area contributed by atoms with Crippen LogP contribution >= 0.6 is 0 Å². The molecule has 1 saturated heterocycles. The highest BCUT2D eigenvalue weighted by Gasteiger charge is 2.44. The van der Waals surface area contributed by atoms with Gasteiger partial charge in [0.1, 0.15) is 30.5 Å². The molecular weight excluding hydrogens is 684 g/mol. The fourth-order valence-corrected chi connectivity index (χ4v) is 7.08. The Kier molecular flexibility index (Phi) is 35.4. The first-order chi connectivity index (χ1) is 26.4. The predicted octanol–water partition coefficient (Wildman–Crippen LogP) is 10.0. The SMILES string of the molecule is CCCCCCCCCC/C=C\CCCCCCCCCCCC(=O)OC(COCCCCCCCCCCCC)COC1OC(CO)C(O)C(O)C1O. The first-order valence-electron chi connectivity index (χ1n) is 22.8. The van der Waals surface area contributed by atoms with Crippen LogP contribution in [0.4, 0.5) is 0 Å². The zero-order valence-electron chi connectivity index (χ0n) is 35.0. The second-order valence-electron chi connectivity index (χ2n) is 15.9. The fourth-order valence-electron chi connectivity index (χ4n) is 7.08. The van der Waals surface area contributed by atoms with Gasteiger partial charge in [0.2, 0.25) is 0 Å². The van der Waals surface area contributed by atoms with Crippen LogP contribution in [-0.4, -0.2) is 89.6 Å². The number of rotatable bonds is 39. The lowest BCUT2D eigenvalue weighted by Gasteiger charge is -2.39. The molecule has 1 heterocycles. The minimum atomic E-state index is -1.53. The summed E-state index contributed by atoms with van der Waals surface area (Å²) in [5.41, 5.74) is 0. The Labute approximate surface area is 331 Å². The first kappa shape index (κ1) is 50.9. The van der Waals surface area contributed by atoms with E-state index in [2.05, 4.69) is 26.0 Å². The molecule has 0 aliphatic carbocycles. The van der Waals surface area contributed by atoms with Gasteiger partial charge in [-0.2, -0.15) is 0 Å². The van der Waals surface area contributed by atoms with Crippen molar-refractivity contribution in [2.45, 2.75) is 243 Å². The van der Waals surface area contributed by atoms with Crippen LogP contribution in [0.5, 0.6) is 0 Å². The molecule has 4 N–H and O–H groups in total. The number of aliphatic hydroxyl groups excluding tert-OH is 4. The second-order valence-corrected chi connectivity index (χ2v) is 15.9. The first-order valence-corrected chi connectivity index (χ1v) is 22.8. The highest BCUT2D eigenvalue weighted by Crippen LogP contribution is 2.23. The molecule has 0 spiro atoms. The summed E-state index contributed by atoms with van der Waals surface area (Å²) in [5, 5.41) is 40.0. The van der Waals surface area contributed by atoms with Gasteiger partial charge in [-0.3, -0.25) is 4.79 Å². The smallest absolute Gasteiger partial charge is 0.306 e. The monoisotopic (exact) mass is 771 g/mol. The third-order valence-corrected chi connectivity index (χ3v) is 10.7. The van der Waals surface area contributed by atoms with Crippen molar-refractivity contribution in [3.8, 4) is 0 Å². The Morgan fingerprint density at radius 2 is 1.02 bits per heavy atom. The average Bonchev–Trinajstić information content (AvgIpc) is 3.17. The number of unbranched alkanes of at least 4 members (excludes halogenated alkanes) is 26. The van der Waals surface area contributed by atoms with Crippen molar-refractivity contribution in [3.63, 3.8) is 0 Å². The lowest BCUT2D eigenvalue weighted by atomic mass is 9.99. The van der Waals surface area contributed by atoms with Gasteiger partial charge in [0.25, 0.3) is 0 Å². The molecule has 1 aliphatic heterocycles. The van der Waals surface area contributed by atoms with Crippen molar-refractivity contribution in [2.75, 3.05) is 26.4 Å². The number of esters is 1. The van der Waals surface area contributed by atoms with Crippen LogP contribution in [-0.2, 0) is 23.7 Å². The van der Waals surface area contributed by atoms with E-state index in [1.54, 1.807) is 0 Å². The van der Waals surface area contributed by atoms with Crippen molar-refractivity contribution in [2.24, 2.45) is 0 Å². The van der Waals surface area contributed by atoms with Crippen LogP contribution in [0.15, 0.2) is 12.2 Å². The number of allylic oxidation sites excluding steroid dienone is 2. The minimum absolute atomic E-state index is 0.109. The Balaban J connectivity index is 2.20. The largest absolute Gasteiger partial charge is 0.457 e. The molecule has 0 saturated carbocycles. The van der Waals surface area contributed by atoms with Crippen LogP contribution < -0.4 is 0 Å². The third-order valence-electron chi connectivity index (χ3n) is 10.7. The topological polar surface area (TPSA) is 135 Å². The quantitative estimate of drug-likeness (QED) is 0.0274. The van der Waals surface area contributed by atoms with Crippen LogP contribution in [0.25, 0.3) is 0 Å². The van der Waals surface area contributed by atoms with Crippen molar-refractivity contribution in [3.05, 3.63) is 12.2 Å². The van der Waals surface area contributed by atoms with E-state index >= 15 is 0 Å². The van der Waals surface area contributed by atoms with Gasteiger partial charge in [0.15, 0.2) is 6.29 Å². The normalized spacial score (nSPS) is 20.9. The summed E-state index contributed by atoms with van der Waals surface area (Å²) in [4.78, 5) is 12.8. The standard InChI is InChI=1S/C45H86O9/c1-3-5-7-9-11-13-15-16-17-18-19-20-21-22-23-24-25-26-28-30-32-34-41(47)53-39(37-51-35-33-31-29-27-14-12-10-8-6-4-2)38-52-45-44(50)43(49)42(48)40(36-46)54-45/h18-19,39-40,42-46,48-50H,3-17,20-38H2,1-2H3/b19-18-. The molecule has 54 heavy (non-hydrogen) atoms. The molecule has 1 fully saturated rings. The average molecular weight is 771 g/mol. The van der Waals surface area contributed by atoms with E-state index in [4.69, 9.17) is 18.9 Å². The summed E-state index contributed by atoms with van der Waals surface area (Å²) in [6, 6.07) is 0. The fraction of sp³-hybridized carbons (Fsp3) is 0.933. The van der Waals surface area contributed by atoms with Crippen molar-refractivity contribution in [1.82, 2.24) is 0 Å². The van der Waals surface area contributed by atoms with E-state index in [1.165, 1.54) is 154 Å². The summed E-state index contributed by atoms with van der Waals surface area (Å²) in [6.45, 7) is 4.57. The van der Waals surface area contributed by atoms with Crippen molar-refractivity contribution in [1.29, 1.82) is 0 Å². The highest BCUT2D eigenvalue weighted by atomic mass is 16.7. The number of hydrogen-bond donors (Lipinski definition) is 4. The van der Waals surface area contributed by atoms with E-state index in [-0.39, 0.29) is 19.2 Å². The van der Waals surface area contributed by atoms with Crippen LogP contribution in [0.2, 0.25) is 0 Å². The van der Waals surface area contributed by atoms with Gasteiger partial charge >= 0.3 is 5.97 Å². The van der Waals surface area contributed by atoms with Crippen molar-refractivity contribution < 1.29 is 44.2 Å². The van der Waals surface area contributed by atoms with E-state index in [0.717, 1.165) is 32.1 Å². The summed E-state index contributed by atoms with van der Waals surface area (Å²) in [6.07, 6.45) is 33.8. The van der Waals surface area contributed by atoms with Gasteiger partial charge in [0.05, 0.1) is 19.8 Å². The van der Waals surface area contributed by atoms with Gasteiger partial charge in [-0.15, -0.1) is 0 Å². The number of hydrogen-bond acceptors (Lipinski definition) is 9. The Hall–Kier alpha value is -1.07. The van der Waals surface area contributed by atoms with Crippen LogP contribution in [0.1, 0.15) is 206 Å². The lowest BCUT2D eigenvalue weighted by molar-refractivity contribution is -0.305. The van der Waals surface area contributed by atoms with Gasteiger partial charge in [-0.25, -0.2) is 0 Å². The Bertz CT molecular complexity index is 838. The number of ether oxygens (including phenoxy) is 4. The second kappa shape index (κ2) is 37.5. The van der Waals surface area contributed by atoms with Crippen LogP contribution in [0, 0.1) is 0 Å². The van der Waals surface area contributed by atoms with Gasteiger partial charge in [-0.05, 0) is 38.5 Å². The molecule has 0 aromatic rings. The van der Waals surface area contributed by atoms with Gasteiger partial charge in [0, 0.05) is 13.0 Å². The molecule has 0 bridgehead atoms. The molecule has 1 aliphatic rings. The molecule has 0 amide bonds. The third kappa shape index (κ3) is 28.3. The molecular formula is C45H86O9. The minimum Gasteiger partial charge on any atom is -0.457 e. The Morgan fingerprint density at radius 1 is 0.574 bits per heavy atom. The summed E-state index contributed by atoms with van der Waals surface area (Å²) >= 11 is 0. The summed E-state index contributed by atoms with van der Waals surface area (Å²) in [5.74, 6) is -0.313. The van der Waals surface area contributed by atoms with E-state index in [1.807, 2.05) is 0 Å². The molecule has 6 unspecified atom stereocenters. The highest BCUT2D eigenvalue weighted by molar-refractivity contribution is 5.69. The van der Waals surface area contributed by atoms with Gasteiger partial charge in [-0.1, -0.05) is 174 Å². The summed E-state index contributed by atoms with van der Waals surface area (Å²) in [7, 11) is 0. The molecule has 0 radical (unpaired) electrons. The maximum absolute atomic E-state index is 12.8. The van der Waals surface area contributed by atoms with E-state index in [0.29, 0.717) is 13.0 Å². The maximum Gasteiger partial charge on any atom is 0.306 e. The number of carbonyl (C=O) groups excluding carboxylic acids is 1. The molecule has 6 atom stereocenters. The van der Waals surface area contributed by atoms with Gasteiger partial charge < -0.3 is 39.4 Å². The number of aliphatic hydroxyl groups is 4. The van der Waals surface area contributed by atoms with E-state index < -0.39 is 43.4 Å². The predicted molar refractivity (Wildman–Crippen MR) is 219 cm³/mol. The molecule has 9 heteroatoms. The molecule has 0 aromatic heterocycles. The molecule has 1 rings (SSSR count). The zero-order valence-corrected chi connectivity index (χ0v) is 35.0. The lowest BCUT2D eigenvalue weighted by Crippen LogP contribution is -2.59. The number of carbonyl (C=O) groups is 1. The molecule has 320 valence electrons. The molecule has 0 aromatic carbocycles. The molecule has 9 nitrogen and oxygen atoms in total. The maximum atomic E-state index is 12.8.